The van der Waals surface area contributed by atoms with Crippen molar-refractivity contribution in [1.29, 1.82) is 0 Å². The van der Waals surface area contributed by atoms with Gasteiger partial charge < -0.3 is 35.8 Å². The number of anilines is 3. The minimum absolute atomic E-state index is 0.117. The van der Waals surface area contributed by atoms with Gasteiger partial charge in [-0.15, -0.1) is 0 Å². The molecule has 1 fully saturated rings. The van der Waals surface area contributed by atoms with Crippen molar-refractivity contribution in [3.63, 3.8) is 0 Å². The number of carbonyl (C=O) groups excluding carboxylic acids is 1. The van der Waals surface area contributed by atoms with E-state index in [0.29, 0.717) is 31.3 Å². The van der Waals surface area contributed by atoms with Crippen LogP contribution in [-0.4, -0.2) is 71.6 Å². The summed E-state index contributed by atoms with van der Waals surface area (Å²) in [6.45, 7) is 10.5. The van der Waals surface area contributed by atoms with Crippen LogP contribution < -0.4 is 26.0 Å². The molecule has 0 radical (unpaired) electrons. The van der Waals surface area contributed by atoms with Crippen LogP contribution in [-0.2, 0) is 9.53 Å². The Morgan fingerprint density at radius 2 is 2.07 bits per heavy atom. The first-order valence-corrected chi connectivity index (χ1v) is 9.39. The zero-order valence-electron chi connectivity index (χ0n) is 17.4. The highest BCUT2D eigenvalue weighted by atomic mass is 16.6. The number of ether oxygens (including phenoxy) is 2. The second-order valence-electron chi connectivity index (χ2n) is 7.92. The van der Waals surface area contributed by atoms with Crippen molar-refractivity contribution >= 4 is 23.3 Å². The number of nitrogens with zero attached hydrogens (tertiary/aromatic N) is 3. The minimum Gasteiger partial charge on any atom is -0.467 e. The van der Waals surface area contributed by atoms with Crippen LogP contribution in [0.3, 0.4) is 0 Å². The highest BCUT2D eigenvalue weighted by molar-refractivity contribution is 5.84. The fraction of sp³-hybridized carbons (Fsp3) is 0.722. The largest absolute Gasteiger partial charge is 0.467 e. The van der Waals surface area contributed by atoms with Crippen molar-refractivity contribution in [2.45, 2.75) is 58.4 Å². The molecule has 0 saturated carbocycles. The Hall–Kier alpha value is -2.33. The standard InChI is InChI=1S/C18H32N6O4/c1-10(11(2)25)21-14-13(19)15(23-17(22-14)27-6)24-8-7-20-9-12(24)16(26)28-18(3,4)5/h10-12,20,25H,7-9,19H2,1-6H3,(H,21,22,23)/t10-,11-,12?/m0/s1. The highest BCUT2D eigenvalue weighted by Crippen LogP contribution is 2.32. The van der Waals surface area contributed by atoms with E-state index in [1.54, 1.807) is 6.92 Å². The molecule has 0 bridgehead atoms. The maximum atomic E-state index is 12.7. The molecule has 1 aromatic rings. The summed E-state index contributed by atoms with van der Waals surface area (Å²) in [6, 6.07) is -0.762. The van der Waals surface area contributed by atoms with Gasteiger partial charge in [-0.25, -0.2) is 4.79 Å². The first-order chi connectivity index (χ1) is 13.0. The molecule has 0 amide bonds. The molecular formula is C18H32N6O4. The number of hydrogen-bond donors (Lipinski definition) is 4. The van der Waals surface area contributed by atoms with Crippen molar-refractivity contribution in [1.82, 2.24) is 15.3 Å². The van der Waals surface area contributed by atoms with E-state index in [1.807, 2.05) is 32.6 Å². The molecule has 158 valence electrons. The van der Waals surface area contributed by atoms with Crippen molar-refractivity contribution < 1.29 is 19.4 Å². The molecule has 28 heavy (non-hydrogen) atoms. The Labute approximate surface area is 165 Å². The molecular weight excluding hydrogens is 364 g/mol. The van der Waals surface area contributed by atoms with Crippen molar-refractivity contribution in [3.8, 4) is 6.01 Å². The fourth-order valence-electron chi connectivity index (χ4n) is 2.73. The van der Waals surface area contributed by atoms with E-state index in [9.17, 15) is 9.90 Å². The molecule has 0 spiro atoms. The van der Waals surface area contributed by atoms with Gasteiger partial charge in [0.1, 0.15) is 17.3 Å². The maximum Gasteiger partial charge on any atom is 0.330 e. The van der Waals surface area contributed by atoms with Gasteiger partial charge in [0, 0.05) is 19.6 Å². The second kappa shape index (κ2) is 8.78. The predicted molar refractivity (Wildman–Crippen MR) is 108 cm³/mol. The SMILES string of the molecule is COc1nc(N[C@@H](C)[C@H](C)O)c(N)c(N2CCNCC2C(=O)OC(C)(C)C)n1. The topological polar surface area (TPSA) is 135 Å². The van der Waals surface area contributed by atoms with E-state index in [4.69, 9.17) is 15.2 Å². The molecule has 0 aromatic carbocycles. The molecule has 10 heteroatoms. The molecule has 3 atom stereocenters. The Morgan fingerprint density at radius 1 is 1.39 bits per heavy atom. The van der Waals surface area contributed by atoms with Gasteiger partial charge >= 0.3 is 12.0 Å². The van der Waals surface area contributed by atoms with Gasteiger partial charge in [-0.1, -0.05) is 0 Å². The number of aliphatic hydroxyl groups excluding tert-OH is 1. The minimum atomic E-state index is -0.613. The number of nitrogens with one attached hydrogen (secondary N) is 2. The number of nitrogens with two attached hydrogens (primary N) is 1. The van der Waals surface area contributed by atoms with Gasteiger partial charge in [0.15, 0.2) is 11.6 Å². The van der Waals surface area contributed by atoms with Gasteiger partial charge in [-0.05, 0) is 34.6 Å². The summed E-state index contributed by atoms with van der Waals surface area (Å²) in [7, 11) is 1.46. The third-order valence-electron chi connectivity index (χ3n) is 4.37. The summed E-state index contributed by atoms with van der Waals surface area (Å²) in [5.74, 6) is 0.379. The number of aliphatic hydroxyl groups is 1. The number of piperazine rings is 1. The van der Waals surface area contributed by atoms with Gasteiger partial charge in [0.25, 0.3) is 0 Å². The molecule has 2 heterocycles. The summed E-state index contributed by atoms with van der Waals surface area (Å²) in [5, 5.41) is 16.1. The Balaban J connectivity index is 2.40. The van der Waals surface area contributed by atoms with Gasteiger partial charge in [-0.3, -0.25) is 0 Å². The Kier molecular flexibility index (Phi) is 6.89. The third-order valence-corrected chi connectivity index (χ3v) is 4.37. The highest BCUT2D eigenvalue weighted by Gasteiger charge is 2.35. The van der Waals surface area contributed by atoms with Crippen LogP contribution in [0.5, 0.6) is 6.01 Å². The second-order valence-corrected chi connectivity index (χ2v) is 7.92. The molecule has 1 unspecified atom stereocenters. The molecule has 1 aliphatic heterocycles. The summed E-state index contributed by atoms with van der Waals surface area (Å²) in [4.78, 5) is 23.2. The molecule has 1 aromatic heterocycles. The number of carbonyl (C=O) groups is 1. The molecule has 1 aliphatic rings. The van der Waals surface area contributed by atoms with Crippen LogP contribution in [0, 0.1) is 0 Å². The van der Waals surface area contributed by atoms with Crippen molar-refractivity contribution in [3.05, 3.63) is 0 Å². The monoisotopic (exact) mass is 396 g/mol. The van der Waals surface area contributed by atoms with Gasteiger partial charge in [0.05, 0.1) is 19.3 Å². The zero-order valence-corrected chi connectivity index (χ0v) is 17.4. The van der Waals surface area contributed by atoms with Crippen LogP contribution in [0.2, 0.25) is 0 Å². The van der Waals surface area contributed by atoms with Crippen LogP contribution >= 0.6 is 0 Å². The number of methoxy groups -OCH3 is 1. The molecule has 5 N–H and O–H groups in total. The third kappa shape index (κ3) is 5.35. The molecule has 2 rings (SSSR count). The van der Waals surface area contributed by atoms with Crippen LogP contribution in [0.25, 0.3) is 0 Å². The lowest BCUT2D eigenvalue weighted by Crippen LogP contribution is -2.57. The average molecular weight is 396 g/mol. The van der Waals surface area contributed by atoms with Crippen molar-refractivity contribution in [2.24, 2.45) is 0 Å². The zero-order chi connectivity index (χ0) is 21.1. The van der Waals surface area contributed by atoms with E-state index in [2.05, 4.69) is 20.6 Å². The fourth-order valence-corrected chi connectivity index (χ4v) is 2.73. The van der Waals surface area contributed by atoms with Gasteiger partial charge in [-0.2, -0.15) is 9.97 Å². The van der Waals surface area contributed by atoms with Crippen LogP contribution in [0.1, 0.15) is 34.6 Å². The Bertz CT molecular complexity index is 691. The molecule has 0 aliphatic carbocycles. The number of esters is 1. The number of rotatable bonds is 6. The number of hydrogen-bond acceptors (Lipinski definition) is 10. The Morgan fingerprint density at radius 3 is 2.64 bits per heavy atom. The van der Waals surface area contributed by atoms with E-state index >= 15 is 0 Å². The molecule has 1 saturated heterocycles. The summed E-state index contributed by atoms with van der Waals surface area (Å²) >= 11 is 0. The van der Waals surface area contributed by atoms with Crippen molar-refractivity contribution in [2.75, 3.05) is 42.7 Å². The average Bonchev–Trinajstić information content (AvgIpc) is 2.61. The quantitative estimate of drug-likeness (QED) is 0.499. The lowest BCUT2D eigenvalue weighted by Gasteiger charge is -2.37. The number of aromatic nitrogens is 2. The number of nitrogen functional groups attached to an aromatic ring is 1. The summed E-state index contributed by atoms with van der Waals surface area (Å²) in [5.41, 5.74) is 6.02. The smallest absolute Gasteiger partial charge is 0.330 e. The van der Waals surface area contributed by atoms with E-state index in [-0.39, 0.29) is 23.7 Å². The maximum absolute atomic E-state index is 12.7. The first-order valence-electron chi connectivity index (χ1n) is 9.39. The van der Waals surface area contributed by atoms with Crippen LogP contribution in [0.15, 0.2) is 0 Å². The molecule has 10 nitrogen and oxygen atoms in total. The lowest BCUT2D eigenvalue weighted by atomic mass is 10.1. The normalized spacial score (nSPS) is 19.7. The summed E-state index contributed by atoms with van der Waals surface area (Å²) < 4.78 is 10.8. The summed E-state index contributed by atoms with van der Waals surface area (Å²) in [6.07, 6.45) is -0.613. The van der Waals surface area contributed by atoms with Gasteiger partial charge in [0.2, 0.25) is 0 Å². The first kappa shape index (κ1) is 22.0. The predicted octanol–water partition coefficient (Wildman–Crippen LogP) is 0.369. The van der Waals surface area contributed by atoms with E-state index in [0.717, 1.165) is 0 Å². The lowest BCUT2D eigenvalue weighted by molar-refractivity contribution is -0.156. The van der Waals surface area contributed by atoms with E-state index in [1.165, 1.54) is 7.11 Å². The van der Waals surface area contributed by atoms with E-state index < -0.39 is 17.7 Å². The van der Waals surface area contributed by atoms with Crippen LogP contribution in [0.4, 0.5) is 17.3 Å².